The quantitative estimate of drug-likeness (QED) is 0.158. The van der Waals surface area contributed by atoms with Gasteiger partial charge in [-0.05, 0) is 177 Å². The first-order valence-electron chi connectivity index (χ1n) is 16.4. The maximum atomic E-state index is 2.43. The van der Waals surface area contributed by atoms with Crippen molar-refractivity contribution in [3.05, 3.63) is 145 Å². The van der Waals surface area contributed by atoms with Crippen molar-refractivity contribution in [2.45, 2.75) is 34.1 Å². The summed E-state index contributed by atoms with van der Waals surface area (Å²) in [7, 11) is 0. The SMILES string of the molecule is CC.CC.c1ccc2cc3cc4cc5c(cc4cc3cc2c1)Cc1cc2cc3cc4cc6ccccc6cc4cc3cc2cc1-5. The van der Waals surface area contributed by atoms with E-state index < -0.39 is 0 Å². The molecule has 9 aromatic carbocycles. The molecule has 9 aromatic rings. The minimum Gasteiger partial charge on any atom is -0.0683 e. The molecule has 0 heterocycles. The topological polar surface area (TPSA) is 0 Å². The summed E-state index contributed by atoms with van der Waals surface area (Å²) >= 11 is 0. The zero-order valence-electron chi connectivity index (χ0n) is 26.4. The summed E-state index contributed by atoms with van der Waals surface area (Å²) in [5, 5.41) is 18.3. The third-order valence-corrected chi connectivity index (χ3v) is 9.39. The zero-order valence-corrected chi connectivity index (χ0v) is 26.4. The number of benzene rings is 9. The van der Waals surface area contributed by atoms with Crippen molar-refractivity contribution in [1.29, 1.82) is 0 Å². The Morgan fingerprint density at radius 1 is 0.267 bits per heavy atom. The van der Waals surface area contributed by atoms with Gasteiger partial charge >= 0.3 is 0 Å². The summed E-state index contributed by atoms with van der Waals surface area (Å²) in [5.74, 6) is 0. The lowest BCUT2D eigenvalue weighted by molar-refractivity contribution is 1.28. The zero-order chi connectivity index (χ0) is 30.7. The van der Waals surface area contributed by atoms with Gasteiger partial charge in [0, 0.05) is 0 Å². The third kappa shape index (κ3) is 4.44. The van der Waals surface area contributed by atoms with Crippen molar-refractivity contribution in [3.63, 3.8) is 0 Å². The van der Waals surface area contributed by atoms with Crippen LogP contribution in [-0.4, -0.2) is 0 Å². The van der Waals surface area contributed by atoms with Gasteiger partial charge in [0.2, 0.25) is 0 Å². The van der Waals surface area contributed by atoms with Gasteiger partial charge in [0.1, 0.15) is 0 Å². The van der Waals surface area contributed by atoms with E-state index in [2.05, 4.69) is 133 Å². The van der Waals surface area contributed by atoms with Crippen molar-refractivity contribution in [2.75, 3.05) is 0 Å². The van der Waals surface area contributed by atoms with E-state index in [0.29, 0.717) is 0 Å². The molecule has 0 radical (unpaired) electrons. The van der Waals surface area contributed by atoms with Gasteiger partial charge in [0.25, 0.3) is 0 Å². The molecule has 0 atom stereocenters. The Labute approximate surface area is 264 Å². The van der Waals surface area contributed by atoms with E-state index in [-0.39, 0.29) is 0 Å². The molecule has 0 aromatic heterocycles. The predicted molar refractivity (Wildman–Crippen MR) is 200 cm³/mol. The van der Waals surface area contributed by atoms with Crippen LogP contribution in [0.15, 0.2) is 133 Å². The fourth-order valence-corrected chi connectivity index (χ4v) is 7.33. The molecule has 0 bridgehead atoms. The highest BCUT2D eigenvalue weighted by Gasteiger charge is 2.20. The van der Waals surface area contributed by atoms with E-state index in [4.69, 9.17) is 0 Å². The molecule has 10 rings (SSSR count). The van der Waals surface area contributed by atoms with Crippen molar-refractivity contribution in [3.8, 4) is 11.1 Å². The Bertz CT molecular complexity index is 2600. The van der Waals surface area contributed by atoms with Crippen LogP contribution in [0.2, 0.25) is 0 Å². The second kappa shape index (κ2) is 10.8. The first-order chi connectivity index (χ1) is 22.2. The Morgan fingerprint density at radius 3 is 0.778 bits per heavy atom. The number of hydrogen-bond donors (Lipinski definition) is 0. The molecule has 0 spiro atoms. The predicted octanol–water partition coefficient (Wildman–Crippen LogP) is 13.4. The maximum Gasteiger partial charge on any atom is -0.00130 e. The fourth-order valence-electron chi connectivity index (χ4n) is 7.33. The van der Waals surface area contributed by atoms with E-state index in [1.54, 1.807) is 0 Å². The van der Waals surface area contributed by atoms with E-state index in [1.807, 2.05) is 27.7 Å². The number of fused-ring (bicyclic) bond motifs is 10. The Hall–Kier alpha value is -5.20. The first kappa shape index (κ1) is 27.4. The molecule has 1 aliphatic carbocycles. The Kier molecular flexibility index (Phi) is 6.54. The highest BCUT2D eigenvalue weighted by Crippen LogP contribution is 2.42. The second-order valence-corrected chi connectivity index (χ2v) is 11.9. The summed E-state index contributed by atoms with van der Waals surface area (Å²) in [5.41, 5.74) is 5.65. The highest BCUT2D eigenvalue weighted by atomic mass is 14.2. The lowest BCUT2D eigenvalue weighted by Gasteiger charge is -2.10. The molecular weight excluding hydrogens is 540 g/mol. The van der Waals surface area contributed by atoms with Crippen LogP contribution in [-0.2, 0) is 6.42 Å². The van der Waals surface area contributed by atoms with Crippen molar-refractivity contribution >= 4 is 75.4 Å². The molecule has 0 fully saturated rings. The van der Waals surface area contributed by atoms with E-state index in [9.17, 15) is 0 Å². The van der Waals surface area contributed by atoms with Gasteiger partial charge < -0.3 is 0 Å². The molecule has 216 valence electrons. The minimum absolute atomic E-state index is 0.994. The van der Waals surface area contributed by atoms with Crippen molar-refractivity contribution in [2.24, 2.45) is 0 Å². The number of hydrogen-bond acceptors (Lipinski definition) is 0. The smallest absolute Gasteiger partial charge is 0.00130 e. The lowest BCUT2D eigenvalue weighted by atomic mass is 9.94. The van der Waals surface area contributed by atoms with E-state index >= 15 is 0 Å². The molecule has 0 unspecified atom stereocenters. The maximum absolute atomic E-state index is 2.43. The molecule has 1 aliphatic rings. The summed E-state index contributed by atoms with van der Waals surface area (Å²) < 4.78 is 0. The normalized spacial score (nSPS) is 11.9. The van der Waals surface area contributed by atoms with Crippen LogP contribution in [0, 0.1) is 0 Å². The molecule has 0 heteroatoms. The first-order valence-corrected chi connectivity index (χ1v) is 16.4. The van der Waals surface area contributed by atoms with Crippen molar-refractivity contribution in [1.82, 2.24) is 0 Å². The van der Waals surface area contributed by atoms with Gasteiger partial charge in [-0.15, -0.1) is 0 Å². The average molecular weight is 577 g/mol. The van der Waals surface area contributed by atoms with Crippen LogP contribution in [0.5, 0.6) is 0 Å². The fraction of sp³-hybridized carbons (Fsp3) is 0.111. The van der Waals surface area contributed by atoms with Gasteiger partial charge in [0.05, 0.1) is 0 Å². The minimum atomic E-state index is 0.994. The van der Waals surface area contributed by atoms with Gasteiger partial charge in [-0.2, -0.15) is 0 Å². The van der Waals surface area contributed by atoms with Gasteiger partial charge in [-0.25, -0.2) is 0 Å². The molecule has 0 aliphatic heterocycles. The largest absolute Gasteiger partial charge is 0.0683 e. The summed E-state index contributed by atoms with van der Waals surface area (Å²) in [6.07, 6.45) is 0.994. The second-order valence-electron chi connectivity index (χ2n) is 11.9. The van der Waals surface area contributed by atoms with Crippen LogP contribution >= 0.6 is 0 Å². The summed E-state index contributed by atoms with van der Waals surface area (Å²) in [6.45, 7) is 8.00. The van der Waals surface area contributed by atoms with E-state index in [0.717, 1.165) is 6.42 Å². The third-order valence-electron chi connectivity index (χ3n) is 9.39. The van der Waals surface area contributed by atoms with Gasteiger partial charge in [-0.1, -0.05) is 88.4 Å². The molecule has 0 N–H and O–H groups in total. The van der Waals surface area contributed by atoms with Crippen LogP contribution < -0.4 is 0 Å². The summed E-state index contributed by atoms with van der Waals surface area (Å²) in [6, 6.07) is 50.6. The molecule has 0 saturated heterocycles. The molecule has 0 amide bonds. The van der Waals surface area contributed by atoms with Crippen LogP contribution in [0.4, 0.5) is 0 Å². The van der Waals surface area contributed by atoms with Crippen molar-refractivity contribution < 1.29 is 0 Å². The standard InChI is InChI=1S/C41H24.2C2H6/c1-2-6-25-10-29-14-33-18-37-23-41-39(20-35(37)16-32(33)13-28(29)9-24(25)5-1)21-38-19-34-15-30-11-26-7-3-4-8-27(26)12-31(30)17-36(34)22-40(38)41;2*1-2/h1-20,22-23H,21H2;2*1-2H3. The van der Waals surface area contributed by atoms with Gasteiger partial charge in [-0.3, -0.25) is 0 Å². The molecule has 0 nitrogen and oxygen atoms in total. The molecule has 45 heavy (non-hydrogen) atoms. The molecule has 0 saturated carbocycles. The van der Waals surface area contributed by atoms with E-state index in [1.165, 1.54) is 97.7 Å². The highest BCUT2D eigenvalue weighted by molar-refractivity contribution is 6.10. The Balaban J connectivity index is 0.000000725. The van der Waals surface area contributed by atoms with Crippen LogP contribution in [0.3, 0.4) is 0 Å². The summed E-state index contributed by atoms with van der Waals surface area (Å²) in [4.78, 5) is 0. The average Bonchev–Trinajstić information content (AvgIpc) is 3.42. The molecular formula is C45H36. The monoisotopic (exact) mass is 576 g/mol. The van der Waals surface area contributed by atoms with Crippen LogP contribution in [0.1, 0.15) is 38.8 Å². The number of rotatable bonds is 0. The van der Waals surface area contributed by atoms with Gasteiger partial charge in [0.15, 0.2) is 0 Å². The van der Waals surface area contributed by atoms with Crippen LogP contribution in [0.25, 0.3) is 86.5 Å². The Morgan fingerprint density at radius 2 is 0.489 bits per heavy atom. The lowest BCUT2D eigenvalue weighted by Crippen LogP contribution is -1.84.